The molecule has 4 aromatic rings. The molecule has 184 valence electrons. The van der Waals surface area contributed by atoms with Crippen molar-refractivity contribution in [2.45, 2.75) is 6.54 Å². The van der Waals surface area contributed by atoms with Crippen LogP contribution < -0.4 is 10.1 Å². The third-order valence-corrected chi connectivity index (χ3v) is 6.94. The summed E-state index contributed by atoms with van der Waals surface area (Å²) >= 11 is 6.98. The van der Waals surface area contributed by atoms with Gasteiger partial charge in [0.05, 0.1) is 22.2 Å². The third kappa shape index (κ3) is 5.85. The number of carbonyl (C=O) groups is 3. The Morgan fingerprint density at radius 2 is 1.70 bits per heavy atom. The molecule has 4 aromatic carbocycles. The zero-order valence-electron chi connectivity index (χ0n) is 19.5. The number of fused-ring (bicyclic) bond motifs is 1. The van der Waals surface area contributed by atoms with Crippen molar-refractivity contribution in [1.82, 2.24) is 4.90 Å². The first kappa shape index (κ1) is 24.6. The van der Waals surface area contributed by atoms with Crippen LogP contribution in [-0.2, 0) is 16.1 Å². The van der Waals surface area contributed by atoms with E-state index in [1.807, 2.05) is 42.5 Å². The predicted octanol–water partition coefficient (Wildman–Crippen LogP) is 6.75. The number of nitrogens with one attached hydrogen (secondary N) is 1. The first-order valence-electron chi connectivity index (χ1n) is 11.5. The third-order valence-electron chi connectivity index (χ3n) is 5.70. The molecule has 1 N–H and O–H groups in total. The Balaban J connectivity index is 1.24. The predicted molar refractivity (Wildman–Crippen MR) is 147 cm³/mol. The van der Waals surface area contributed by atoms with Gasteiger partial charge in [0, 0.05) is 0 Å². The van der Waals surface area contributed by atoms with Crippen LogP contribution in [0.4, 0.5) is 10.5 Å². The fourth-order valence-corrected chi connectivity index (χ4v) is 4.92. The Labute approximate surface area is 222 Å². The Morgan fingerprint density at radius 1 is 0.919 bits per heavy atom. The standard InChI is InChI=1S/C29H21ClN2O4S/c30-24-10-3-4-11-25(24)31-27(33)18-36-23-9-5-6-19(15-23)16-26-28(34)32(29(35)37-26)17-20-12-13-21-7-1-2-8-22(21)14-20/h1-16H,17-18H2,(H,31,33)/b26-16-. The van der Waals surface area contributed by atoms with Crippen LogP contribution in [0.5, 0.6) is 5.75 Å². The van der Waals surface area contributed by atoms with E-state index in [4.69, 9.17) is 16.3 Å². The molecular formula is C29H21ClN2O4S. The van der Waals surface area contributed by atoms with Crippen molar-refractivity contribution in [3.63, 3.8) is 0 Å². The molecule has 0 unspecified atom stereocenters. The van der Waals surface area contributed by atoms with E-state index in [0.717, 1.165) is 28.1 Å². The molecule has 5 rings (SSSR count). The fourth-order valence-electron chi connectivity index (χ4n) is 3.90. The number of hydrogen-bond acceptors (Lipinski definition) is 5. The van der Waals surface area contributed by atoms with Crippen LogP contribution in [-0.4, -0.2) is 28.6 Å². The van der Waals surface area contributed by atoms with Gasteiger partial charge in [0.15, 0.2) is 6.61 Å². The van der Waals surface area contributed by atoms with E-state index in [1.54, 1.807) is 54.6 Å². The molecule has 1 aliphatic heterocycles. The van der Waals surface area contributed by atoms with Crippen molar-refractivity contribution < 1.29 is 19.1 Å². The molecule has 0 bridgehead atoms. The van der Waals surface area contributed by atoms with E-state index in [2.05, 4.69) is 5.32 Å². The second kappa shape index (κ2) is 10.9. The van der Waals surface area contributed by atoms with Crippen LogP contribution in [0.2, 0.25) is 5.02 Å². The van der Waals surface area contributed by atoms with Gasteiger partial charge in [-0.2, -0.15) is 0 Å². The SMILES string of the molecule is O=C(COc1cccc(/C=C2\SC(=O)N(Cc3ccc4ccccc4c3)C2=O)c1)Nc1ccccc1Cl. The first-order valence-corrected chi connectivity index (χ1v) is 12.7. The number of imide groups is 1. The molecule has 1 aliphatic rings. The van der Waals surface area contributed by atoms with E-state index >= 15 is 0 Å². The smallest absolute Gasteiger partial charge is 0.293 e. The molecule has 1 heterocycles. The minimum atomic E-state index is -0.353. The number of nitrogens with zero attached hydrogens (tertiary/aromatic N) is 1. The Bertz CT molecular complexity index is 1550. The zero-order chi connectivity index (χ0) is 25.8. The van der Waals surface area contributed by atoms with Gasteiger partial charge in [0.25, 0.3) is 17.1 Å². The van der Waals surface area contributed by atoms with Gasteiger partial charge in [-0.05, 0) is 70.1 Å². The summed E-state index contributed by atoms with van der Waals surface area (Å²) in [6, 6.07) is 27.8. The number of rotatable bonds is 7. The monoisotopic (exact) mass is 528 g/mol. The molecule has 0 atom stereocenters. The minimum Gasteiger partial charge on any atom is -0.484 e. The quantitative estimate of drug-likeness (QED) is 0.269. The summed E-state index contributed by atoms with van der Waals surface area (Å²) in [7, 11) is 0. The molecule has 3 amide bonds. The number of para-hydroxylation sites is 1. The van der Waals surface area contributed by atoms with Crippen molar-refractivity contribution in [1.29, 1.82) is 0 Å². The molecule has 6 nitrogen and oxygen atoms in total. The van der Waals surface area contributed by atoms with Crippen molar-refractivity contribution in [3.05, 3.63) is 112 Å². The lowest BCUT2D eigenvalue weighted by atomic mass is 10.1. The lowest BCUT2D eigenvalue weighted by Crippen LogP contribution is -2.27. The lowest BCUT2D eigenvalue weighted by Gasteiger charge is -2.13. The molecule has 0 aromatic heterocycles. The van der Waals surface area contributed by atoms with Crippen molar-refractivity contribution >= 4 is 63.0 Å². The number of ether oxygens (including phenoxy) is 1. The molecular weight excluding hydrogens is 508 g/mol. The minimum absolute atomic E-state index is 0.205. The average molecular weight is 529 g/mol. The van der Waals surface area contributed by atoms with Gasteiger partial charge in [-0.15, -0.1) is 0 Å². The molecule has 0 spiro atoms. The zero-order valence-corrected chi connectivity index (χ0v) is 21.1. The van der Waals surface area contributed by atoms with Crippen molar-refractivity contribution in [2.75, 3.05) is 11.9 Å². The van der Waals surface area contributed by atoms with Gasteiger partial charge in [0.2, 0.25) is 0 Å². The fraction of sp³-hybridized carbons (Fsp3) is 0.0690. The molecule has 0 saturated carbocycles. The van der Waals surface area contributed by atoms with Crippen LogP contribution in [0, 0.1) is 0 Å². The summed E-state index contributed by atoms with van der Waals surface area (Å²) in [6.45, 7) is -0.00646. The molecule has 1 fully saturated rings. The van der Waals surface area contributed by atoms with Gasteiger partial charge in [-0.25, -0.2) is 0 Å². The summed E-state index contributed by atoms with van der Waals surface area (Å²) in [5.41, 5.74) is 2.07. The number of anilines is 1. The van der Waals surface area contributed by atoms with Crippen LogP contribution >= 0.6 is 23.4 Å². The maximum atomic E-state index is 13.0. The van der Waals surface area contributed by atoms with Crippen LogP contribution in [0.25, 0.3) is 16.8 Å². The first-order chi connectivity index (χ1) is 18.0. The maximum Gasteiger partial charge on any atom is 0.293 e. The summed E-state index contributed by atoms with van der Waals surface area (Å²) < 4.78 is 5.61. The summed E-state index contributed by atoms with van der Waals surface area (Å²) in [6.07, 6.45) is 1.65. The summed E-state index contributed by atoms with van der Waals surface area (Å²) in [5, 5.41) is 4.98. The van der Waals surface area contributed by atoms with E-state index in [1.165, 1.54) is 4.90 Å². The molecule has 0 aliphatic carbocycles. The van der Waals surface area contributed by atoms with Crippen molar-refractivity contribution in [2.24, 2.45) is 0 Å². The highest BCUT2D eigenvalue weighted by Gasteiger charge is 2.35. The van der Waals surface area contributed by atoms with Crippen LogP contribution in [0.1, 0.15) is 11.1 Å². The van der Waals surface area contributed by atoms with Gasteiger partial charge in [-0.1, -0.05) is 72.3 Å². The van der Waals surface area contributed by atoms with Crippen molar-refractivity contribution in [3.8, 4) is 5.75 Å². The molecule has 37 heavy (non-hydrogen) atoms. The van der Waals surface area contributed by atoms with Gasteiger partial charge in [-0.3, -0.25) is 19.3 Å². The lowest BCUT2D eigenvalue weighted by molar-refractivity contribution is -0.123. The number of thioether (sulfide) groups is 1. The van der Waals surface area contributed by atoms with E-state index in [0.29, 0.717) is 26.9 Å². The average Bonchev–Trinajstić information content (AvgIpc) is 3.16. The highest BCUT2D eigenvalue weighted by Crippen LogP contribution is 2.34. The maximum absolute atomic E-state index is 13.0. The second-order valence-electron chi connectivity index (χ2n) is 8.34. The van der Waals surface area contributed by atoms with E-state index in [9.17, 15) is 14.4 Å². The summed E-state index contributed by atoms with van der Waals surface area (Å²) in [4.78, 5) is 39.5. The van der Waals surface area contributed by atoms with E-state index in [-0.39, 0.29) is 30.2 Å². The molecule has 1 saturated heterocycles. The van der Waals surface area contributed by atoms with Gasteiger partial charge >= 0.3 is 0 Å². The Hall–Kier alpha value is -4.07. The Kier molecular flexibility index (Phi) is 7.25. The Morgan fingerprint density at radius 3 is 2.54 bits per heavy atom. The van der Waals surface area contributed by atoms with Gasteiger partial charge in [0.1, 0.15) is 5.75 Å². The normalized spacial score (nSPS) is 14.4. The summed E-state index contributed by atoms with van der Waals surface area (Å²) in [5.74, 6) is -0.236. The highest BCUT2D eigenvalue weighted by molar-refractivity contribution is 8.18. The second-order valence-corrected chi connectivity index (χ2v) is 9.74. The highest BCUT2D eigenvalue weighted by atomic mass is 35.5. The molecule has 0 radical (unpaired) electrons. The number of amides is 3. The van der Waals surface area contributed by atoms with E-state index < -0.39 is 0 Å². The number of hydrogen-bond donors (Lipinski definition) is 1. The number of halogens is 1. The number of carbonyl (C=O) groups excluding carboxylic acids is 3. The van der Waals surface area contributed by atoms with Crippen LogP contribution in [0.3, 0.4) is 0 Å². The van der Waals surface area contributed by atoms with Gasteiger partial charge < -0.3 is 10.1 Å². The topological polar surface area (TPSA) is 75.7 Å². The molecule has 8 heteroatoms. The number of benzene rings is 4. The largest absolute Gasteiger partial charge is 0.484 e. The van der Waals surface area contributed by atoms with Crippen LogP contribution in [0.15, 0.2) is 95.9 Å².